The van der Waals surface area contributed by atoms with Gasteiger partial charge in [0.25, 0.3) is 0 Å². The second-order valence-corrected chi connectivity index (χ2v) is 5.73. The van der Waals surface area contributed by atoms with Crippen molar-refractivity contribution in [2.45, 2.75) is 13.8 Å². The average molecular weight is 304 g/mol. The van der Waals surface area contributed by atoms with E-state index in [4.69, 9.17) is 0 Å². The fraction of sp³-hybridized carbons (Fsp3) is 0.150. The van der Waals surface area contributed by atoms with Gasteiger partial charge in [-0.25, -0.2) is 0 Å². The molecule has 0 fully saturated rings. The zero-order valence-electron chi connectivity index (χ0n) is 13.4. The molecule has 0 unspecified atom stereocenters. The third-order valence-electron chi connectivity index (χ3n) is 3.95. The Labute approximate surface area is 136 Å². The highest BCUT2D eigenvalue weighted by molar-refractivity contribution is 5.95. The highest BCUT2D eigenvalue weighted by atomic mass is 16.1. The van der Waals surface area contributed by atoms with E-state index in [2.05, 4.69) is 34.9 Å². The first-order valence-electron chi connectivity index (χ1n) is 7.72. The van der Waals surface area contributed by atoms with Crippen molar-refractivity contribution < 1.29 is 4.79 Å². The second kappa shape index (κ2) is 6.53. The molecule has 3 heteroatoms. The summed E-state index contributed by atoms with van der Waals surface area (Å²) in [7, 11) is 0. The third-order valence-corrected chi connectivity index (χ3v) is 3.95. The minimum atomic E-state index is -0.0458. The Morgan fingerprint density at radius 2 is 1.57 bits per heavy atom. The van der Waals surface area contributed by atoms with Crippen LogP contribution in [0.25, 0.3) is 10.8 Å². The summed E-state index contributed by atoms with van der Waals surface area (Å²) >= 11 is 0. The Morgan fingerprint density at radius 3 is 2.30 bits per heavy atom. The number of hydrogen-bond acceptors (Lipinski definition) is 2. The number of rotatable bonds is 4. The van der Waals surface area contributed by atoms with Crippen molar-refractivity contribution >= 4 is 28.1 Å². The third kappa shape index (κ3) is 3.51. The van der Waals surface area contributed by atoms with Crippen molar-refractivity contribution in [3.8, 4) is 0 Å². The fourth-order valence-corrected chi connectivity index (χ4v) is 2.68. The number of amides is 1. The van der Waals surface area contributed by atoms with Gasteiger partial charge in [-0.05, 0) is 47.9 Å². The van der Waals surface area contributed by atoms with E-state index < -0.39 is 0 Å². The molecule has 3 aromatic rings. The molecule has 2 N–H and O–H groups in total. The number of hydrogen-bond donors (Lipinski definition) is 2. The summed E-state index contributed by atoms with van der Waals surface area (Å²) < 4.78 is 0. The van der Waals surface area contributed by atoms with Crippen LogP contribution in [0.3, 0.4) is 0 Å². The lowest BCUT2D eigenvalue weighted by Gasteiger charge is -2.12. The maximum atomic E-state index is 12.2. The van der Waals surface area contributed by atoms with Crippen molar-refractivity contribution in [2.75, 3.05) is 17.2 Å². The van der Waals surface area contributed by atoms with E-state index in [1.807, 2.05) is 50.2 Å². The zero-order chi connectivity index (χ0) is 16.2. The van der Waals surface area contributed by atoms with Crippen LogP contribution in [0.5, 0.6) is 0 Å². The summed E-state index contributed by atoms with van der Waals surface area (Å²) in [5.41, 5.74) is 3.99. The maximum Gasteiger partial charge on any atom is 0.243 e. The second-order valence-electron chi connectivity index (χ2n) is 5.73. The van der Waals surface area contributed by atoms with Crippen LogP contribution in [0.15, 0.2) is 60.7 Å². The molecule has 0 saturated heterocycles. The molecule has 23 heavy (non-hydrogen) atoms. The molecule has 0 saturated carbocycles. The Kier molecular flexibility index (Phi) is 4.29. The molecule has 0 radical (unpaired) electrons. The lowest BCUT2D eigenvalue weighted by Crippen LogP contribution is -2.22. The molecular formula is C20H20N2O. The maximum absolute atomic E-state index is 12.2. The number of aryl methyl sites for hydroxylation is 2. The SMILES string of the molecule is Cc1cccc(C)c1NC(=O)CNc1ccc2ccccc2c1. The molecule has 3 rings (SSSR count). The zero-order valence-corrected chi connectivity index (χ0v) is 13.4. The molecule has 0 aliphatic rings. The van der Waals surface area contributed by atoms with Gasteiger partial charge in [0, 0.05) is 11.4 Å². The van der Waals surface area contributed by atoms with Crippen LogP contribution in [-0.4, -0.2) is 12.5 Å². The van der Waals surface area contributed by atoms with Gasteiger partial charge in [0.1, 0.15) is 0 Å². The van der Waals surface area contributed by atoms with Crippen LogP contribution in [0, 0.1) is 13.8 Å². The van der Waals surface area contributed by atoms with Gasteiger partial charge in [-0.1, -0.05) is 48.5 Å². The Bertz CT molecular complexity index is 835. The normalized spacial score (nSPS) is 10.5. The topological polar surface area (TPSA) is 41.1 Å². The lowest BCUT2D eigenvalue weighted by atomic mass is 10.1. The number of carbonyl (C=O) groups excluding carboxylic acids is 1. The van der Waals surface area contributed by atoms with Crippen molar-refractivity contribution in [2.24, 2.45) is 0 Å². The largest absolute Gasteiger partial charge is 0.376 e. The summed E-state index contributed by atoms with van der Waals surface area (Å²) in [6.45, 7) is 4.24. The minimum absolute atomic E-state index is 0.0458. The number of benzene rings is 3. The molecule has 0 atom stereocenters. The molecule has 1 amide bonds. The average Bonchev–Trinajstić information content (AvgIpc) is 2.56. The van der Waals surface area contributed by atoms with Crippen molar-refractivity contribution in [3.63, 3.8) is 0 Å². The van der Waals surface area contributed by atoms with Gasteiger partial charge in [0.15, 0.2) is 0 Å². The minimum Gasteiger partial charge on any atom is -0.376 e. The summed E-state index contributed by atoms with van der Waals surface area (Å²) in [5.74, 6) is -0.0458. The Hall–Kier alpha value is -2.81. The van der Waals surface area contributed by atoms with E-state index >= 15 is 0 Å². The molecule has 0 aliphatic carbocycles. The molecule has 3 aromatic carbocycles. The first kappa shape index (κ1) is 15.1. The molecule has 0 spiro atoms. The van der Waals surface area contributed by atoms with E-state index in [0.29, 0.717) is 0 Å². The molecule has 0 aromatic heterocycles. The molecule has 0 heterocycles. The number of nitrogens with one attached hydrogen (secondary N) is 2. The molecule has 3 nitrogen and oxygen atoms in total. The lowest BCUT2D eigenvalue weighted by molar-refractivity contribution is -0.114. The highest BCUT2D eigenvalue weighted by Crippen LogP contribution is 2.20. The van der Waals surface area contributed by atoms with Crippen LogP contribution < -0.4 is 10.6 Å². The fourth-order valence-electron chi connectivity index (χ4n) is 2.68. The quantitative estimate of drug-likeness (QED) is 0.744. The van der Waals surface area contributed by atoms with Gasteiger partial charge in [-0.3, -0.25) is 4.79 Å². The summed E-state index contributed by atoms with van der Waals surface area (Å²) in [6.07, 6.45) is 0. The first-order valence-corrected chi connectivity index (χ1v) is 7.72. The van der Waals surface area contributed by atoms with Gasteiger partial charge < -0.3 is 10.6 Å². The summed E-state index contributed by atoms with van der Waals surface area (Å²) in [4.78, 5) is 12.2. The van der Waals surface area contributed by atoms with Crippen molar-refractivity contribution in [1.29, 1.82) is 0 Å². The van der Waals surface area contributed by atoms with E-state index in [-0.39, 0.29) is 12.5 Å². The van der Waals surface area contributed by atoms with Gasteiger partial charge in [0.2, 0.25) is 5.91 Å². The van der Waals surface area contributed by atoms with Gasteiger partial charge >= 0.3 is 0 Å². The van der Waals surface area contributed by atoms with Crippen molar-refractivity contribution in [1.82, 2.24) is 0 Å². The molecule has 0 aliphatic heterocycles. The van der Waals surface area contributed by atoms with Crippen LogP contribution in [0.2, 0.25) is 0 Å². The predicted octanol–water partition coefficient (Wildman–Crippen LogP) is 4.51. The van der Waals surface area contributed by atoms with Crippen molar-refractivity contribution in [3.05, 3.63) is 71.8 Å². The highest BCUT2D eigenvalue weighted by Gasteiger charge is 2.07. The van der Waals surface area contributed by atoms with E-state index in [9.17, 15) is 4.79 Å². The van der Waals surface area contributed by atoms with Crippen LogP contribution in [-0.2, 0) is 4.79 Å². The standard InChI is InChI=1S/C20H20N2O/c1-14-6-5-7-15(2)20(14)22-19(23)13-21-18-11-10-16-8-3-4-9-17(16)12-18/h3-12,21H,13H2,1-2H3,(H,22,23). The van der Waals surface area contributed by atoms with Gasteiger partial charge in [-0.15, -0.1) is 0 Å². The number of fused-ring (bicyclic) bond motifs is 1. The number of carbonyl (C=O) groups is 1. The first-order chi connectivity index (χ1) is 11.1. The van der Waals surface area contributed by atoms with Gasteiger partial charge in [0.05, 0.1) is 6.54 Å². The number of para-hydroxylation sites is 1. The summed E-state index contributed by atoms with van der Waals surface area (Å²) in [5, 5.41) is 8.52. The van der Waals surface area contributed by atoms with Gasteiger partial charge in [-0.2, -0.15) is 0 Å². The molecule has 116 valence electrons. The van der Waals surface area contributed by atoms with E-state index in [0.717, 1.165) is 27.9 Å². The Morgan fingerprint density at radius 1 is 0.870 bits per heavy atom. The number of anilines is 2. The van der Waals surface area contributed by atoms with Crippen LogP contribution in [0.1, 0.15) is 11.1 Å². The monoisotopic (exact) mass is 304 g/mol. The Balaban J connectivity index is 1.66. The summed E-state index contributed by atoms with van der Waals surface area (Å²) in [6, 6.07) is 20.3. The molecular weight excluding hydrogens is 284 g/mol. The molecule has 0 bridgehead atoms. The van der Waals surface area contributed by atoms with Crippen LogP contribution in [0.4, 0.5) is 11.4 Å². The van der Waals surface area contributed by atoms with Crippen LogP contribution >= 0.6 is 0 Å². The predicted molar refractivity (Wildman–Crippen MR) is 97.0 cm³/mol. The van der Waals surface area contributed by atoms with E-state index in [1.165, 1.54) is 5.39 Å². The smallest absolute Gasteiger partial charge is 0.243 e. The van der Waals surface area contributed by atoms with E-state index in [1.54, 1.807) is 0 Å².